The van der Waals surface area contributed by atoms with E-state index in [1.54, 1.807) is 49.9 Å². The average molecular weight is 1140 g/mol. The fourth-order valence-electron chi connectivity index (χ4n) is 10.0. The van der Waals surface area contributed by atoms with Gasteiger partial charge >= 0.3 is 13.3 Å². The van der Waals surface area contributed by atoms with Crippen LogP contribution in [0.2, 0.25) is 0 Å². The van der Waals surface area contributed by atoms with Gasteiger partial charge in [-0.2, -0.15) is 8.78 Å². The van der Waals surface area contributed by atoms with E-state index in [4.69, 9.17) is 9.47 Å². The number of benzene rings is 4. The van der Waals surface area contributed by atoms with Crippen LogP contribution in [0.25, 0.3) is 10.1 Å². The first kappa shape index (κ1) is 57.0. The monoisotopic (exact) mass is 1130 g/mol. The molecule has 0 saturated carbocycles. The van der Waals surface area contributed by atoms with Crippen LogP contribution < -0.4 is 20.7 Å². The van der Waals surface area contributed by atoms with Gasteiger partial charge in [-0.3, -0.25) is 53.1 Å². The van der Waals surface area contributed by atoms with E-state index in [1.807, 2.05) is 30.3 Å². The number of piperidine rings is 1. The molecule has 5 aromatic rings. The van der Waals surface area contributed by atoms with Gasteiger partial charge < -0.3 is 39.7 Å². The molecule has 0 bridgehead atoms. The van der Waals surface area contributed by atoms with Crippen molar-refractivity contribution in [1.82, 2.24) is 30.7 Å². The lowest BCUT2D eigenvalue weighted by molar-refractivity contribution is -0.153. The van der Waals surface area contributed by atoms with Crippen molar-refractivity contribution in [2.24, 2.45) is 5.41 Å². The van der Waals surface area contributed by atoms with Crippen molar-refractivity contribution >= 4 is 76.3 Å². The van der Waals surface area contributed by atoms with E-state index in [0.717, 1.165) is 39.5 Å². The van der Waals surface area contributed by atoms with Gasteiger partial charge in [-0.1, -0.05) is 75.1 Å². The van der Waals surface area contributed by atoms with Crippen molar-refractivity contribution in [1.29, 1.82) is 0 Å². The SMILES string of the molecule is CC(C)(C)[C@H](NC(=O)c1cc2cc(C(F)(F)P(=O)(O)O)ccc2s1)C(=O)N1Cc2cc(OCC(=O)NCCCCC#Cc3ccc4c(c3)C(=O)N(C3CCC(=O)NC3=O)C4=O)ccc2C[C@H]1C(=O)N1CCOC(c2ccccc2)C1. The minimum atomic E-state index is -5.87. The summed E-state index contributed by atoms with van der Waals surface area (Å²) >= 11 is 0.941. The normalized spacial score (nSPS) is 18.9. The molecule has 80 heavy (non-hydrogen) atoms. The Morgan fingerprint density at radius 2 is 1.69 bits per heavy atom. The third-order valence-electron chi connectivity index (χ3n) is 14.4. The lowest BCUT2D eigenvalue weighted by Crippen LogP contribution is -2.61. The van der Waals surface area contributed by atoms with Crippen molar-refractivity contribution < 1.29 is 71.0 Å². The molecule has 4 atom stereocenters. The van der Waals surface area contributed by atoms with Crippen molar-refractivity contribution in [3.63, 3.8) is 0 Å². The maximum Gasteiger partial charge on any atom is 0.399 e. The molecule has 0 radical (unpaired) electrons. The van der Waals surface area contributed by atoms with Crippen molar-refractivity contribution in [3.8, 4) is 17.6 Å². The number of carbonyl (C=O) groups is 8. The Hall–Kier alpha value is -7.67. The van der Waals surface area contributed by atoms with Gasteiger partial charge in [0.1, 0.15) is 30.0 Å². The third kappa shape index (κ3) is 12.2. The maximum atomic E-state index is 15.1. The fraction of sp³-hybridized carbons (Fsp3) is 0.368. The summed E-state index contributed by atoms with van der Waals surface area (Å²) in [5.74, 6) is 2.02. The zero-order valence-electron chi connectivity index (χ0n) is 43.8. The lowest BCUT2D eigenvalue weighted by atomic mass is 9.84. The van der Waals surface area contributed by atoms with Crippen LogP contribution in [-0.2, 0) is 51.9 Å². The smallest absolute Gasteiger partial charge is 0.399 e. The van der Waals surface area contributed by atoms with Gasteiger partial charge in [0.05, 0.1) is 29.2 Å². The highest BCUT2D eigenvalue weighted by Gasteiger charge is 2.51. The van der Waals surface area contributed by atoms with E-state index in [9.17, 15) is 56.7 Å². The number of morpholine rings is 1. The largest absolute Gasteiger partial charge is 0.484 e. The third-order valence-corrected chi connectivity index (χ3v) is 16.5. The van der Waals surface area contributed by atoms with E-state index in [-0.39, 0.29) is 85.3 Å². The number of thiophene rings is 1. The Balaban J connectivity index is 0.836. The quantitative estimate of drug-likeness (QED) is 0.0352. The molecule has 2 fully saturated rings. The summed E-state index contributed by atoms with van der Waals surface area (Å²) in [4.78, 5) is 130. The number of ether oxygens (including phenoxy) is 2. The van der Waals surface area contributed by atoms with Gasteiger partial charge in [-0.25, -0.2) is 0 Å². The molecule has 9 rings (SSSR count). The second-order valence-electron chi connectivity index (χ2n) is 21.0. The van der Waals surface area contributed by atoms with Gasteiger partial charge in [0.2, 0.25) is 23.6 Å². The number of amides is 8. The highest BCUT2D eigenvalue weighted by molar-refractivity contribution is 7.52. The Morgan fingerprint density at radius 1 is 0.925 bits per heavy atom. The zero-order valence-corrected chi connectivity index (χ0v) is 45.5. The highest BCUT2D eigenvalue weighted by atomic mass is 32.1. The number of imide groups is 2. The van der Waals surface area contributed by atoms with E-state index in [2.05, 4.69) is 27.8 Å². The molecule has 8 amide bonds. The lowest BCUT2D eigenvalue weighted by Gasteiger charge is -2.43. The summed E-state index contributed by atoms with van der Waals surface area (Å²) in [6.07, 6.45) is 1.45. The summed E-state index contributed by atoms with van der Waals surface area (Å²) in [6.45, 7) is 5.93. The first-order valence-corrected chi connectivity index (χ1v) is 28.3. The molecule has 5 heterocycles. The summed E-state index contributed by atoms with van der Waals surface area (Å²) in [5, 5.41) is 7.98. The van der Waals surface area contributed by atoms with Crippen molar-refractivity contribution in [2.75, 3.05) is 32.8 Å². The Kier molecular flexibility index (Phi) is 16.5. The van der Waals surface area contributed by atoms with Crippen molar-refractivity contribution in [3.05, 3.63) is 135 Å². The predicted octanol–water partition coefficient (Wildman–Crippen LogP) is 5.94. The summed E-state index contributed by atoms with van der Waals surface area (Å²) in [6, 6.07) is 20.3. The molecular formula is C57H57F2N6O13PS. The number of halogens is 2. The fourth-order valence-corrected chi connectivity index (χ4v) is 11.5. The Bertz CT molecular complexity index is 3440. The topological polar surface area (TPSA) is 258 Å². The van der Waals surface area contributed by atoms with Gasteiger partial charge in [0.15, 0.2) is 6.61 Å². The predicted molar refractivity (Wildman–Crippen MR) is 287 cm³/mol. The number of hydrogen-bond acceptors (Lipinski definition) is 12. The number of nitrogens with one attached hydrogen (secondary N) is 3. The van der Waals surface area contributed by atoms with E-state index in [1.165, 1.54) is 29.2 Å². The molecular weight excluding hydrogens is 1080 g/mol. The molecule has 2 unspecified atom stereocenters. The summed E-state index contributed by atoms with van der Waals surface area (Å²) in [7, 11) is -5.87. The molecule has 4 aliphatic heterocycles. The summed E-state index contributed by atoms with van der Waals surface area (Å²) in [5.41, 5.74) is -3.24. The first-order chi connectivity index (χ1) is 38.0. The highest BCUT2D eigenvalue weighted by Crippen LogP contribution is 2.59. The number of alkyl halides is 2. The standard InChI is InChI=1S/C57H57F2N6O13PS/c1-56(2,3)49(62-51(69)46-29-36-26-38(16-20-45(36)80-46)57(58,59)79(74,75)76)55(73)64-30-37-27-39(17-15-35(37)28-43(64)54(72)63-23-24-77-44(31-63)34-12-8-6-9-13-34)78-32-48(67)60-22-10-5-4-7-11-33-14-18-40-41(25-33)53(71)65(52(40)70)42-19-21-47(66)61-50(42)68/h6,8-9,12-18,20,25-27,29,42-44,49H,4-5,10,19,21-24,28,30-32H2,1-3H3,(H,60,67)(H,62,69)(H,61,66,68)(H2,74,75,76)/t42?,43-,44?,49+/m0/s1. The molecule has 1 aromatic heterocycles. The van der Waals surface area contributed by atoms with Crippen LogP contribution in [0.4, 0.5) is 8.78 Å². The van der Waals surface area contributed by atoms with Crippen LogP contribution in [0.3, 0.4) is 0 Å². The van der Waals surface area contributed by atoms with Crippen LogP contribution in [0, 0.1) is 17.3 Å². The number of unbranched alkanes of at least 4 members (excludes halogenated alkanes) is 2. The second kappa shape index (κ2) is 23.2. The van der Waals surface area contributed by atoms with Gasteiger partial charge in [-0.15, -0.1) is 11.3 Å². The van der Waals surface area contributed by atoms with Gasteiger partial charge in [-0.05, 0) is 95.3 Å². The number of nitrogens with zero attached hydrogens (tertiary/aromatic N) is 3. The van der Waals surface area contributed by atoms with E-state index >= 15 is 4.79 Å². The van der Waals surface area contributed by atoms with Crippen LogP contribution >= 0.6 is 18.9 Å². The van der Waals surface area contributed by atoms with Gasteiger partial charge in [0.25, 0.3) is 23.6 Å². The molecule has 0 aliphatic carbocycles. The van der Waals surface area contributed by atoms with Gasteiger partial charge in [0, 0.05) is 54.7 Å². The minimum Gasteiger partial charge on any atom is -0.484 e. The maximum absolute atomic E-state index is 15.1. The van der Waals surface area contributed by atoms with Crippen LogP contribution in [0.5, 0.6) is 5.75 Å². The molecule has 19 nitrogen and oxygen atoms in total. The second-order valence-corrected chi connectivity index (χ2v) is 23.7. The first-order valence-electron chi connectivity index (χ1n) is 25.9. The number of hydrogen-bond donors (Lipinski definition) is 5. The molecule has 23 heteroatoms. The average Bonchev–Trinajstić information content (AvgIpc) is 3.97. The Morgan fingerprint density at radius 3 is 2.42 bits per heavy atom. The molecule has 2 saturated heterocycles. The Labute approximate surface area is 462 Å². The number of fused-ring (bicyclic) bond motifs is 3. The molecule has 418 valence electrons. The molecule has 5 N–H and O–H groups in total. The molecule has 0 spiro atoms. The van der Waals surface area contributed by atoms with E-state index in [0.29, 0.717) is 47.4 Å². The molecule has 4 aromatic carbocycles. The minimum absolute atomic E-state index is 0.0170. The van der Waals surface area contributed by atoms with Crippen LogP contribution in [-0.4, -0.2) is 123 Å². The van der Waals surface area contributed by atoms with E-state index < -0.39 is 83.9 Å². The van der Waals surface area contributed by atoms with Crippen LogP contribution in [0.15, 0.2) is 91.0 Å². The summed E-state index contributed by atoms with van der Waals surface area (Å²) < 4.78 is 53.3. The van der Waals surface area contributed by atoms with Crippen LogP contribution in [0.1, 0.15) is 117 Å². The van der Waals surface area contributed by atoms with Crippen molar-refractivity contribution in [2.45, 2.75) is 95.7 Å². The number of carbonyl (C=O) groups excluding carboxylic acids is 8. The molecule has 4 aliphatic rings. The number of rotatable bonds is 15. The zero-order chi connectivity index (χ0) is 57.3.